The van der Waals surface area contributed by atoms with E-state index in [9.17, 15) is 9.59 Å². The summed E-state index contributed by atoms with van der Waals surface area (Å²) >= 11 is 5.98. The van der Waals surface area contributed by atoms with Crippen molar-refractivity contribution in [1.82, 2.24) is 0 Å². The van der Waals surface area contributed by atoms with Crippen molar-refractivity contribution in [3.05, 3.63) is 64.7 Å². The van der Waals surface area contributed by atoms with Crippen LogP contribution in [0, 0.1) is 0 Å². The molecule has 0 aliphatic carbocycles. The van der Waals surface area contributed by atoms with Crippen molar-refractivity contribution >= 4 is 29.0 Å². The summed E-state index contributed by atoms with van der Waals surface area (Å²) in [6, 6.07) is 14.7. The standard InChI is InChI=1S/C18H19ClN2O2/c1-12(14-6-5-7-15(19)10-14)20-11-18(23)21-17-9-4-3-8-16(17)13(2)22/h3-10,12,20H,11H2,1-2H3,(H,21,23)/p+1/t12-/m0/s1. The van der Waals surface area contributed by atoms with Crippen molar-refractivity contribution in [3.63, 3.8) is 0 Å². The maximum atomic E-state index is 12.1. The summed E-state index contributed by atoms with van der Waals surface area (Å²) in [5.41, 5.74) is 2.13. The van der Waals surface area contributed by atoms with Gasteiger partial charge < -0.3 is 10.6 Å². The highest BCUT2D eigenvalue weighted by Gasteiger charge is 2.14. The second-order valence-corrected chi connectivity index (χ2v) is 5.87. The molecule has 0 aliphatic rings. The normalized spacial score (nSPS) is 11.8. The largest absolute Gasteiger partial charge is 0.333 e. The molecule has 2 rings (SSSR count). The molecular formula is C18H20ClN2O2+. The summed E-state index contributed by atoms with van der Waals surface area (Å²) in [4.78, 5) is 23.7. The highest BCUT2D eigenvalue weighted by Crippen LogP contribution is 2.16. The van der Waals surface area contributed by atoms with Crippen molar-refractivity contribution < 1.29 is 14.9 Å². The number of amides is 1. The summed E-state index contributed by atoms with van der Waals surface area (Å²) in [5, 5.41) is 5.40. The molecule has 23 heavy (non-hydrogen) atoms. The molecule has 0 fully saturated rings. The third kappa shape index (κ3) is 4.91. The Morgan fingerprint density at radius 1 is 1.17 bits per heavy atom. The quantitative estimate of drug-likeness (QED) is 0.799. The lowest BCUT2D eigenvalue weighted by molar-refractivity contribution is -0.682. The van der Waals surface area contributed by atoms with E-state index in [1.807, 2.05) is 36.5 Å². The van der Waals surface area contributed by atoms with Gasteiger partial charge in [-0.05, 0) is 38.1 Å². The van der Waals surface area contributed by atoms with Gasteiger partial charge in [0.25, 0.3) is 5.91 Å². The van der Waals surface area contributed by atoms with E-state index in [2.05, 4.69) is 5.32 Å². The lowest BCUT2D eigenvalue weighted by Crippen LogP contribution is -2.86. The number of hydrogen-bond donors (Lipinski definition) is 2. The molecule has 0 saturated heterocycles. The van der Waals surface area contributed by atoms with Gasteiger partial charge in [0.2, 0.25) is 0 Å². The first-order chi connectivity index (χ1) is 11.0. The van der Waals surface area contributed by atoms with Crippen molar-refractivity contribution in [2.75, 3.05) is 11.9 Å². The van der Waals surface area contributed by atoms with Crippen LogP contribution < -0.4 is 10.6 Å². The average Bonchev–Trinajstić information content (AvgIpc) is 2.53. The van der Waals surface area contributed by atoms with E-state index in [1.54, 1.807) is 24.3 Å². The zero-order chi connectivity index (χ0) is 16.8. The van der Waals surface area contributed by atoms with Gasteiger partial charge in [0.1, 0.15) is 6.04 Å². The minimum atomic E-state index is -0.146. The van der Waals surface area contributed by atoms with E-state index in [1.165, 1.54) is 6.92 Å². The van der Waals surface area contributed by atoms with Crippen LogP contribution in [0.2, 0.25) is 5.02 Å². The molecule has 0 bridgehead atoms. The van der Waals surface area contributed by atoms with E-state index < -0.39 is 0 Å². The predicted molar refractivity (Wildman–Crippen MR) is 91.7 cm³/mol. The van der Waals surface area contributed by atoms with Crippen molar-refractivity contribution in [2.45, 2.75) is 19.9 Å². The van der Waals surface area contributed by atoms with Crippen LogP contribution in [0.15, 0.2) is 48.5 Å². The SMILES string of the molecule is CC(=O)c1ccccc1NC(=O)C[NH2+][C@@H](C)c1cccc(Cl)c1. The first-order valence-corrected chi connectivity index (χ1v) is 7.84. The lowest BCUT2D eigenvalue weighted by atomic mass is 10.1. The molecule has 3 N–H and O–H groups in total. The Balaban J connectivity index is 1.94. The summed E-state index contributed by atoms with van der Waals surface area (Å²) < 4.78 is 0. The predicted octanol–water partition coefficient (Wildman–Crippen LogP) is 2.81. The second-order valence-electron chi connectivity index (χ2n) is 5.43. The van der Waals surface area contributed by atoms with Crippen LogP contribution in [-0.2, 0) is 4.79 Å². The molecule has 0 aliphatic heterocycles. The fourth-order valence-corrected chi connectivity index (χ4v) is 2.51. The van der Waals surface area contributed by atoms with Gasteiger partial charge in [0, 0.05) is 16.1 Å². The molecule has 2 aromatic rings. The number of carbonyl (C=O) groups is 2. The van der Waals surface area contributed by atoms with Gasteiger partial charge in [-0.2, -0.15) is 0 Å². The van der Waals surface area contributed by atoms with Crippen LogP contribution in [-0.4, -0.2) is 18.2 Å². The Morgan fingerprint density at radius 3 is 2.61 bits per heavy atom. The zero-order valence-electron chi connectivity index (χ0n) is 13.2. The number of Topliss-reactive ketones (excluding diaryl/α,β-unsaturated/α-hetero) is 1. The Kier molecular flexibility index (Phi) is 5.90. The summed E-state index contributed by atoms with van der Waals surface area (Å²) in [7, 11) is 0. The number of rotatable bonds is 6. The molecule has 4 nitrogen and oxygen atoms in total. The Morgan fingerprint density at radius 2 is 1.91 bits per heavy atom. The molecule has 0 unspecified atom stereocenters. The van der Waals surface area contributed by atoms with Crippen LogP contribution >= 0.6 is 11.6 Å². The first-order valence-electron chi connectivity index (χ1n) is 7.46. The van der Waals surface area contributed by atoms with Gasteiger partial charge in [-0.1, -0.05) is 35.9 Å². The number of nitrogens with two attached hydrogens (primary N) is 1. The van der Waals surface area contributed by atoms with E-state index in [4.69, 9.17) is 11.6 Å². The highest BCUT2D eigenvalue weighted by molar-refractivity contribution is 6.30. The van der Waals surface area contributed by atoms with Gasteiger partial charge >= 0.3 is 0 Å². The third-order valence-electron chi connectivity index (χ3n) is 3.61. The number of carbonyl (C=O) groups excluding carboxylic acids is 2. The Hall–Kier alpha value is -2.17. The molecule has 1 atom stereocenters. The van der Waals surface area contributed by atoms with Gasteiger partial charge in [0.05, 0.1) is 5.69 Å². The molecule has 0 radical (unpaired) electrons. The smallest absolute Gasteiger partial charge is 0.279 e. The molecule has 120 valence electrons. The van der Waals surface area contributed by atoms with Crippen LogP contribution in [0.1, 0.15) is 35.8 Å². The molecule has 0 spiro atoms. The number of hydrogen-bond acceptors (Lipinski definition) is 2. The molecule has 0 aromatic heterocycles. The van der Waals surface area contributed by atoms with E-state index in [0.717, 1.165) is 5.56 Å². The van der Waals surface area contributed by atoms with Crippen molar-refractivity contribution in [3.8, 4) is 0 Å². The molecular weight excluding hydrogens is 312 g/mol. The second kappa shape index (κ2) is 7.90. The maximum Gasteiger partial charge on any atom is 0.279 e. The molecule has 2 aromatic carbocycles. The van der Waals surface area contributed by atoms with Crippen molar-refractivity contribution in [1.29, 1.82) is 0 Å². The summed E-state index contributed by atoms with van der Waals surface area (Å²) in [5.74, 6) is -0.218. The van der Waals surface area contributed by atoms with Crippen LogP contribution in [0.4, 0.5) is 5.69 Å². The lowest BCUT2D eigenvalue weighted by Gasteiger charge is -2.12. The van der Waals surface area contributed by atoms with E-state index in [0.29, 0.717) is 16.3 Å². The van der Waals surface area contributed by atoms with Gasteiger partial charge in [-0.3, -0.25) is 9.59 Å². The number of benzene rings is 2. The monoisotopic (exact) mass is 331 g/mol. The van der Waals surface area contributed by atoms with Gasteiger partial charge in [-0.25, -0.2) is 0 Å². The van der Waals surface area contributed by atoms with Crippen molar-refractivity contribution in [2.24, 2.45) is 0 Å². The van der Waals surface area contributed by atoms with E-state index >= 15 is 0 Å². The highest BCUT2D eigenvalue weighted by atomic mass is 35.5. The number of halogens is 1. The molecule has 1 amide bonds. The fourth-order valence-electron chi connectivity index (χ4n) is 2.31. The Bertz CT molecular complexity index is 716. The average molecular weight is 332 g/mol. The van der Waals surface area contributed by atoms with Crippen LogP contribution in [0.25, 0.3) is 0 Å². The van der Waals surface area contributed by atoms with Gasteiger partial charge in [0.15, 0.2) is 12.3 Å². The number of ketones is 1. The van der Waals surface area contributed by atoms with E-state index in [-0.39, 0.29) is 24.3 Å². The molecule has 0 heterocycles. The topological polar surface area (TPSA) is 62.8 Å². The molecule has 5 heteroatoms. The third-order valence-corrected chi connectivity index (χ3v) is 3.85. The Labute approximate surface area is 140 Å². The maximum absolute atomic E-state index is 12.1. The number of anilines is 1. The summed E-state index contributed by atoms with van der Waals surface area (Å²) in [6.07, 6.45) is 0. The van der Waals surface area contributed by atoms with Crippen LogP contribution in [0.3, 0.4) is 0 Å². The minimum absolute atomic E-state index is 0.0721. The first kappa shape index (κ1) is 17.2. The minimum Gasteiger partial charge on any atom is -0.333 e. The fraction of sp³-hybridized carbons (Fsp3) is 0.222. The van der Waals surface area contributed by atoms with Crippen LogP contribution in [0.5, 0.6) is 0 Å². The zero-order valence-corrected chi connectivity index (χ0v) is 13.9. The number of nitrogens with one attached hydrogen (secondary N) is 1. The molecule has 0 saturated carbocycles. The summed E-state index contributed by atoms with van der Waals surface area (Å²) in [6.45, 7) is 3.76. The number of quaternary nitrogens is 1. The number of para-hydroxylation sites is 1. The van der Waals surface area contributed by atoms with Gasteiger partial charge in [-0.15, -0.1) is 0 Å².